The maximum absolute atomic E-state index is 10.9. The highest BCUT2D eigenvalue weighted by Gasteiger charge is 2.10. The van der Waals surface area contributed by atoms with E-state index >= 15 is 0 Å². The first-order chi connectivity index (χ1) is 7.83. The van der Waals surface area contributed by atoms with Gasteiger partial charge in [-0.25, -0.2) is 0 Å². The van der Waals surface area contributed by atoms with Gasteiger partial charge in [0.2, 0.25) is 0 Å². The summed E-state index contributed by atoms with van der Waals surface area (Å²) >= 11 is 0. The van der Waals surface area contributed by atoms with Crippen molar-refractivity contribution < 1.29 is 0 Å². The van der Waals surface area contributed by atoms with Gasteiger partial charge in [0.1, 0.15) is 0 Å². The summed E-state index contributed by atoms with van der Waals surface area (Å²) in [5.41, 5.74) is 2.60. The molecular weight excluding hydrogens is 200 g/mol. The monoisotopic (exact) mass is 212 g/mol. The molecule has 0 fully saturated rings. The van der Waals surface area contributed by atoms with Gasteiger partial charge in [-0.15, -0.1) is 4.91 Å². The molecule has 2 aromatic rings. The van der Waals surface area contributed by atoms with Crippen LogP contribution in [0.1, 0.15) is 5.56 Å². The zero-order valence-corrected chi connectivity index (χ0v) is 9.00. The maximum Gasteiger partial charge on any atom is 0.0714 e. The molecule has 0 aliphatic heterocycles. The van der Waals surface area contributed by atoms with Crippen LogP contribution in [-0.4, -0.2) is 0 Å². The van der Waals surface area contributed by atoms with Crippen molar-refractivity contribution in [3.63, 3.8) is 0 Å². The fourth-order valence-electron chi connectivity index (χ4n) is 1.60. The molecule has 0 atom stereocenters. The standard InChI is InChI=1S/C13H12N2O/c1-11-7-5-6-10-13(11)15(14-16)12-8-3-2-4-9-12/h2-10H,1H3. The predicted molar refractivity (Wildman–Crippen MR) is 65.6 cm³/mol. The van der Waals surface area contributed by atoms with Crippen molar-refractivity contribution in [1.29, 1.82) is 0 Å². The van der Waals surface area contributed by atoms with Crippen molar-refractivity contribution >= 4 is 11.4 Å². The highest BCUT2D eigenvalue weighted by molar-refractivity contribution is 5.64. The average Bonchev–Trinajstić information content (AvgIpc) is 2.34. The first-order valence-corrected chi connectivity index (χ1v) is 5.07. The first-order valence-electron chi connectivity index (χ1n) is 5.07. The van der Waals surface area contributed by atoms with Crippen LogP contribution in [-0.2, 0) is 0 Å². The molecule has 80 valence electrons. The molecule has 0 saturated carbocycles. The molecule has 0 aromatic heterocycles. The Bertz CT molecular complexity index is 482. The molecule has 2 aromatic carbocycles. The van der Waals surface area contributed by atoms with Gasteiger partial charge in [0.05, 0.1) is 16.7 Å². The zero-order valence-electron chi connectivity index (χ0n) is 9.00. The van der Waals surface area contributed by atoms with Crippen LogP contribution in [0.25, 0.3) is 0 Å². The third-order valence-corrected chi connectivity index (χ3v) is 2.43. The molecule has 0 amide bonds. The molecule has 2 rings (SSSR count). The van der Waals surface area contributed by atoms with Gasteiger partial charge in [-0.05, 0) is 30.7 Å². The molecule has 0 spiro atoms. The Hall–Kier alpha value is -2.16. The maximum atomic E-state index is 10.9. The fourth-order valence-corrected chi connectivity index (χ4v) is 1.60. The summed E-state index contributed by atoms with van der Waals surface area (Å²) in [6, 6.07) is 17.0. The van der Waals surface area contributed by atoms with Crippen LogP contribution >= 0.6 is 0 Å². The van der Waals surface area contributed by atoms with E-state index in [9.17, 15) is 4.91 Å². The summed E-state index contributed by atoms with van der Waals surface area (Å²) in [6.45, 7) is 1.95. The van der Waals surface area contributed by atoms with Gasteiger partial charge in [-0.1, -0.05) is 36.4 Å². The molecule has 0 radical (unpaired) electrons. The zero-order chi connectivity index (χ0) is 11.4. The van der Waals surface area contributed by atoms with Crippen molar-refractivity contribution in [2.75, 3.05) is 5.01 Å². The van der Waals surface area contributed by atoms with Gasteiger partial charge in [0.15, 0.2) is 0 Å². The van der Waals surface area contributed by atoms with Crippen LogP contribution < -0.4 is 5.01 Å². The van der Waals surface area contributed by atoms with E-state index in [1.165, 1.54) is 5.01 Å². The summed E-state index contributed by atoms with van der Waals surface area (Å²) in [7, 11) is 0. The fraction of sp³-hybridized carbons (Fsp3) is 0.0769. The molecule has 3 heteroatoms. The minimum Gasteiger partial charge on any atom is -0.197 e. The van der Waals surface area contributed by atoms with E-state index in [4.69, 9.17) is 0 Å². The van der Waals surface area contributed by atoms with Gasteiger partial charge in [-0.2, -0.15) is 5.01 Å². The van der Waals surface area contributed by atoms with E-state index in [1.807, 2.05) is 61.5 Å². The van der Waals surface area contributed by atoms with E-state index in [2.05, 4.69) is 5.29 Å². The van der Waals surface area contributed by atoms with Crippen molar-refractivity contribution in [3.05, 3.63) is 65.1 Å². The number of para-hydroxylation sites is 2. The number of anilines is 2. The minimum atomic E-state index is 0.770. The Kier molecular flexibility index (Phi) is 2.96. The lowest BCUT2D eigenvalue weighted by molar-refractivity contribution is 1.06. The Balaban J connectivity index is 2.45. The lowest BCUT2D eigenvalue weighted by Gasteiger charge is -2.17. The topological polar surface area (TPSA) is 32.7 Å². The molecule has 0 saturated heterocycles. The number of hydrogen-bond donors (Lipinski definition) is 0. The number of aryl methyl sites for hydroxylation is 1. The van der Waals surface area contributed by atoms with E-state index in [0.717, 1.165) is 16.9 Å². The van der Waals surface area contributed by atoms with Crippen LogP contribution in [0.2, 0.25) is 0 Å². The molecule has 0 bridgehead atoms. The minimum absolute atomic E-state index is 0.770. The Morgan fingerprint density at radius 1 is 0.938 bits per heavy atom. The van der Waals surface area contributed by atoms with Gasteiger partial charge in [-0.3, -0.25) is 0 Å². The van der Waals surface area contributed by atoms with Crippen molar-refractivity contribution in [2.24, 2.45) is 5.29 Å². The summed E-state index contributed by atoms with van der Waals surface area (Å²) < 4.78 is 0. The Labute approximate surface area is 94.3 Å². The molecule has 0 N–H and O–H groups in total. The van der Waals surface area contributed by atoms with Crippen molar-refractivity contribution in [3.8, 4) is 0 Å². The number of rotatable bonds is 3. The highest BCUT2D eigenvalue weighted by Crippen LogP contribution is 2.27. The van der Waals surface area contributed by atoms with Crippen molar-refractivity contribution in [1.82, 2.24) is 0 Å². The predicted octanol–water partition coefficient (Wildman–Crippen LogP) is 3.81. The smallest absolute Gasteiger partial charge is 0.0714 e. The molecule has 0 heterocycles. The molecule has 3 nitrogen and oxygen atoms in total. The van der Waals surface area contributed by atoms with Crippen LogP contribution in [0.4, 0.5) is 11.4 Å². The third-order valence-electron chi connectivity index (χ3n) is 2.43. The second-order valence-corrected chi connectivity index (χ2v) is 3.52. The summed E-state index contributed by atoms with van der Waals surface area (Å²) in [5, 5.41) is 4.47. The highest BCUT2D eigenvalue weighted by atomic mass is 16.3. The first kappa shape index (κ1) is 10.4. The lowest BCUT2D eigenvalue weighted by atomic mass is 10.2. The van der Waals surface area contributed by atoms with Gasteiger partial charge < -0.3 is 0 Å². The third kappa shape index (κ3) is 1.93. The normalized spacial score (nSPS) is 9.81. The molecule has 0 aliphatic carbocycles. The van der Waals surface area contributed by atoms with Gasteiger partial charge >= 0.3 is 0 Å². The largest absolute Gasteiger partial charge is 0.197 e. The number of nitroso groups, excluding NO2 is 1. The molecular formula is C13H12N2O. The number of hydrogen-bond acceptors (Lipinski definition) is 2. The Morgan fingerprint density at radius 2 is 1.56 bits per heavy atom. The van der Waals surface area contributed by atoms with Crippen molar-refractivity contribution in [2.45, 2.75) is 6.92 Å². The quantitative estimate of drug-likeness (QED) is 0.572. The van der Waals surface area contributed by atoms with Crippen LogP contribution in [0.3, 0.4) is 0 Å². The van der Waals surface area contributed by atoms with E-state index in [0.29, 0.717) is 0 Å². The van der Waals surface area contributed by atoms with Gasteiger partial charge in [0.25, 0.3) is 0 Å². The average molecular weight is 212 g/mol. The second kappa shape index (κ2) is 4.57. The second-order valence-electron chi connectivity index (χ2n) is 3.52. The number of nitrogens with zero attached hydrogens (tertiary/aromatic N) is 2. The summed E-state index contributed by atoms with van der Waals surface area (Å²) in [4.78, 5) is 10.9. The SMILES string of the molecule is Cc1ccccc1N(N=O)c1ccccc1. The lowest BCUT2D eigenvalue weighted by Crippen LogP contribution is -2.08. The molecule has 16 heavy (non-hydrogen) atoms. The van der Waals surface area contributed by atoms with Crippen LogP contribution in [0.15, 0.2) is 59.9 Å². The van der Waals surface area contributed by atoms with Gasteiger partial charge in [0, 0.05) is 0 Å². The van der Waals surface area contributed by atoms with E-state index in [1.54, 1.807) is 0 Å². The Morgan fingerprint density at radius 3 is 2.19 bits per heavy atom. The number of benzene rings is 2. The van der Waals surface area contributed by atoms with E-state index < -0.39 is 0 Å². The molecule has 0 aliphatic rings. The van der Waals surface area contributed by atoms with E-state index in [-0.39, 0.29) is 0 Å². The van der Waals surface area contributed by atoms with Crippen LogP contribution in [0, 0.1) is 11.8 Å². The summed E-state index contributed by atoms with van der Waals surface area (Å²) in [5.74, 6) is 0. The van der Waals surface area contributed by atoms with Crippen LogP contribution in [0.5, 0.6) is 0 Å². The molecule has 0 unspecified atom stereocenters. The summed E-state index contributed by atoms with van der Waals surface area (Å²) in [6.07, 6.45) is 0.